The fourth-order valence-electron chi connectivity index (χ4n) is 1.38. The Morgan fingerprint density at radius 1 is 1.16 bits per heavy atom. The van der Waals surface area contributed by atoms with Gasteiger partial charge in [-0.15, -0.1) is 0 Å². The van der Waals surface area contributed by atoms with E-state index in [1.54, 1.807) is 6.92 Å². The largest absolute Gasteiger partial charge is 0.469 e. The summed E-state index contributed by atoms with van der Waals surface area (Å²) in [5.74, 6) is -1.21. The third kappa shape index (κ3) is 4.13. The molecular weight excluding hydrogens is 254 g/mol. The second-order valence-electron chi connectivity index (χ2n) is 3.76. The Bertz CT molecular complexity index is 460. The van der Waals surface area contributed by atoms with E-state index in [0.717, 1.165) is 4.90 Å². The SMILES string of the molecule is COC(=O)CN(CC(=O)OC)C(=O)c1coc(C)c1. The first kappa shape index (κ1) is 14.7. The summed E-state index contributed by atoms with van der Waals surface area (Å²) in [6.07, 6.45) is 1.26. The summed E-state index contributed by atoms with van der Waals surface area (Å²) in [5.41, 5.74) is 0.255. The van der Waals surface area contributed by atoms with E-state index in [1.807, 2.05) is 0 Å². The first-order chi connectivity index (χ1) is 8.97. The lowest BCUT2D eigenvalue weighted by atomic mass is 10.2. The highest BCUT2D eigenvalue weighted by Gasteiger charge is 2.23. The zero-order chi connectivity index (χ0) is 14.4. The van der Waals surface area contributed by atoms with E-state index in [9.17, 15) is 14.4 Å². The van der Waals surface area contributed by atoms with Crippen molar-refractivity contribution in [3.05, 3.63) is 23.7 Å². The van der Waals surface area contributed by atoms with Crippen LogP contribution in [0.15, 0.2) is 16.7 Å². The zero-order valence-electron chi connectivity index (χ0n) is 11.0. The van der Waals surface area contributed by atoms with Crippen LogP contribution >= 0.6 is 0 Å². The molecule has 0 radical (unpaired) electrons. The molecule has 0 aromatic carbocycles. The highest BCUT2D eigenvalue weighted by Crippen LogP contribution is 2.10. The van der Waals surface area contributed by atoms with Crippen molar-refractivity contribution in [1.29, 1.82) is 0 Å². The Labute approximate surface area is 110 Å². The van der Waals surface area contributed by atoms with Gasteiger partial charge < -0.3 is 18.8 Å². The molecule has 19 heavy (non-hydrogen) atoms. The van der Waals surface area contributed by atoms with Gasteiger partial charge in [0.25, 0.3) is 5.91 Å². The molecule has 0 unspecified atom stereocenters. The van der Waals surface area contributed by atoms with Gasteiger partial charge in [0.2, 0.25) is 0 Å². The van der Waals surface area contributed by atoms with Crippen LogP contribution in [0, 0.1) is 6.92 Å². The maximum atomic E-state index is 12.1. The molecule has 0 aliphatic rings. The van der Waals surface area contributed by atoms with Crippen molar-refractivity contribution in [2.75, 3.05) is 27.3 Å². The van der Waals surface area contributed by atoms with Gasteiger partial charge in [-0.1, -0.05) is 0 Å². The zero-order valence-corrected chi connectivity index (χ0v) is 11.0. The molecular formula is C12H15NO6. The fraction of sp³-hybridized carbons (Fsp3) is 0.417. The molecule has 0 atom stereocenters. The summed E-state index contributed by atoms with van der Waals surface area (Å²) >= 11 is 0. The minimum absolute atomic E-state index is 0.255. The number of hydrogen-bond donors (Lipinski definition) is 0. The summed E-state index contributed by atoms with van der Waals surface area (Å²) < 4.78 is 14.0. The smallest absolute Gasteiger partial charge is 0.325 e. The van der Waals surface area contributed by atoms with Crippen molar-refractivity contribution in [2.45, 2.75) is 6.92 Å². The molecule has 0 fully saturated rings. The average Bonchev–Trinajstić information content (AvgIpc) is 2.83. The molecule has 0 aliphatic carbocycles. The predicted molar refractivity (Wildman–Crippen MR) is 63.4 cm³/mol. The van der Waals surface area contributed by atoms with Crippen LogP contribution in [-0.2, 0) is 19.1 Å². The van der Waals surface area contributed by atoms with E-state index < -0.39 is 17.8 Å². The van der Waals surface area contributed by atoms with Crippen LogP contribution < -0.4 is 0 Å². The monoisotopic (exact) mass is 269 g/mol. The molecule has 0 spiro atoms. The van der Waals surface area contributed by atoms with Gasteiger partial charge in [0.1, 0.15) is 25.1 Å². The number of carbonyl (C=O) groups is 3. The molecule has 1 aromatic rings. The normalized spacial score (nSPS) is 9.84. The van der Waals surface area contributed by atoms with E-state index in [2.05, 4.69) is 9.47 Å². The van der Waals surface area contributed by atoms with Crippen molar-refractivity contribution < 1.29 is 28.3 Å². The minimum Gasteiger partial charge on any atom is -0.469 e. The lowest BCUT2D eigenvalue weighted by molar-refractivity contribution is -0.144. The average molecular weight is 269 g/mol. The van der Waals surface area contributed by atoms with Gasteiger partial charge in [0, 0.05) is 0 Å². The highest BCUT2D eigenvalue weighted by atomic mass is 16.5. The van der Waals surface area contributed by atoms with Gasteiger partial charge in [-0.2, -0.15) is 0 Å². The quantitative estimate of drug-likeness (QED) is 0.718. The molecule has 7 nitrogen and oxygen atoms in total. The number of rotatable bonds is 5. The van der Waals surface area contributed by atoms with Crippen molar-refractivity contribution >= 4 is 17.8 Å². The number of furan rings is 1. The Morgan fingerprint density at radius 3 is 2.05 bits per heavy atom. The standard InChI is InChI=1S/C12H15NO6/c1-8-4-9(7-19-8)12(16)13(5-10(14)17-2)6-11(15)18-3/h4,7H,5-6H2,1-3H3. The summed E-state index contributed by atoms with van der Waals surface area (Å²) in [7, 11) is 2.40. The molecule has 1 amide bonds. The summed E-state index contributed by atoms with van der Waals surface area (Å²) in [4.78, 5) is 35.6. The van der Waals surface area contributed by atoms with Gasteiger partial charge in [-0.25, -0.2) is 0 Å². The highest BCUT2D eigenvalue weighted by molar-refractivity contribution is 5.97. The number of amides is 1. The van der Waals surface area contributed by atoms with Gasteiger partial charge in [0.05, 0.1) is 19.8 Å². The molecule has 0 aliphatic heterocycles. The molecule has 0 saturated heterocycles. The first-order valence-corrected chi connectivity index (χ1v) is 5.46. The number of aryl methyl sites for hydroxylation is 1. The van der Waals surface area contributed by atoms with Crippen LogP contribution in [0.1, 0.15) is 16.1 Å². The number of esters is 2. The summed E-state index contributed by atoms with van der Waals surface area (Å²) in [6.45, 7) is 1.01. The molecule has 7 heteroatoms. The number of nitrogens with zero attached hydrogens (tertiary/aromatic N) is 1. The molecule has 0 N–H and O–H groups in total. The van der Waals surface area contributed by atoms with Gasteiger partial charge in [0.15, 0.2) is 0 Å². The molecule has 1 rings (SSSR count). The number of hydrogen-bond acceptors (Lipinski definition) is 6. The van der Waals surface area contributed by atoms with Crippen molar-refractivity contribution in [1.82, 2.24) is 4.90 Å². The number of methoxy groups -OCH3 is 2. The molecule has 1 heterocycles. The Hall–Kier alpha value is -2.31. The second-order valence-corrected chi connectivity index (χ2v) is 3.76. The Morgan fingerprint density at radius 2 is 1.68 bits per heavy atom. The lowest BCUT2D eigenvalue weighted by Gasteiger charge is -2.19. The van der Waals surface area contributed by atoms with Gasteiger partial charge in [-0.3, -0.25) is 14.4 Å². The van der Waals surface area contributed by atoms with Gasteiger partial charge in [-0.05, 0) is 13.0 Å². The van der Waals surface area contributed by atoms with Crippen LogP contribution in [0.4, 0.5) is 0 Å². The van der Waals surface area contributed by atoms with Crippen molar-refractivity contribution in [3.8, 4) is 0 Å². The van der Waals surface area contributed by atoms with Gasteiger partial charge >= 0.3 is 11.9 Å². The summed E-state index contributed by atoms with van der Waals surface area (Å²) in [6, 6.07) is 1.52. The first-order valence-electron chi connectivity index (χ1n) is 5.46. The second kappa shape index (κ2) is 6.58. The Kier molecular flexibility index (Phi) is 5.11. The van der Waals surface area contributed by atoms with E-state index >= 15 is 0 Å². The van der Waals surface area contributed by atoms with Crippen molar-refractivity contribution in [2.24, 2.45) is 0 Å². The molecule has 1 aromatic heterocycles. The Balaban J connectivity index is 2.85. The third-order valence-electron chi connectivity index (χ3n) is 2.36. The van der Waals surface area contributed by atoms with E-state index in [1.165, 1.54) is 26.5 Å². The summed E-state index contributed by atoms with van der Waals surface area (Å²) in [5, 5.41) is 0. The van der Waals surface area contributed by atoms with E-state index in [-0.39, 0.29) is 18.7 Å². The van der Waals surface area contributed by atoms with Crippen LogP contribution in [0.25, 0.3) is 0 Å². The predicted octanol–water partition coefficient (Wildman–Crippen LogP) is 0.376. The molecule has 104 valence electrons. The third-order valence-corrected chi connectivity index (χ3v) is 2.36. The van der Waals surface area contributed by atoms with E-state index in [0.29, 0.717) is 5.76 Å². The fourth-order valence-corrected chi connectivity index (χ4v) is 1.38. The topological polar surface area (TPSA) is 86.0 Å². The maximum Gasteiger partial charge on any atom is 0.325 e. The van der Waals surface area contributed by atoms with Crippen LogP contribution in [0.2, 0.25) is 0 Å². The van der Waals surface area contributed by atoms with Crippen LogP contribution in [0.5, 0.6) is 0 Å². The number of ether oxygens (including phenoxy) is 2. The molecule has 0 saturated carbocycles. The maximum absolute atomic E-state index is 12.1. The van der Waals surface area contributed by atoms with Crippen LogP contribution in [0.3, 0.4) is 0 Å². The number of carbonyl (C=O) groups excluding carboxylic acids is 3. The minimum atomic E-state index is -0.627. The van der Waals surface area contributed by atoms with Crippen LogP contribution in [-0.4, -0.2) is 50.1 Å². The van der Waals surface area contributed by atoms with Crippen molar-refractivity contribution in [3.63, 3.8) is 0 Å². The molecule has 0 bridgehead atoms. The lowest BCUT2D eigenvalue weighted by Crippen LogP contribution is -2.40. The van der Waals surface area contributed by atoms with E-state index in [4.69, 9.17) is 4.42 Å².